The number of nitrogens with zero attached hydrogens (tertiary/aromatic N) is 1. The van der Waals surface area contributed by atoms with Crippen LogP contribution in [0.2, 0.25) is 0 Å². The van der Waals surface area contributed by atoms with Crippen LogP contribution in [0, 0.1) is 5.82 Å². The molecule has 264 valence electrons. The van der Waals surface area contributed by atoms with Crippen LogP contribution in [-0.4, -0.2) is 65.0 Å². The number of amides is 1. The number of carboxylic acids is 1. The maximum absolute atomic E-state index is 14.4. The van der Waals surface area contributed by atoms with Gasteiger partial charge in [-0.15, -0.1) is 0 Å². The van der Waals surface area contributed by atoms with Gasteiger partial charge in [0.1, 0.15) is 11.5 Å². The summed E-state index contributed by atoms with van der Waals surface area (Å²) in [5, 5.41) is 34.8. The Morgan fingerprint density at radius 1 is 0.843 bits per heavy atom. The molecule has 0 saturated heterocycles. The summed E-state index contributed by atoms with van der Waals surface area (Å²) >= 11 is 0. The zero-order chi connectivity index (χ0) is 36.5. The summed E-state index contributed by atoms with van der Waals surface area (Å²) in [5.74, 6) is -3.81. The Bertz CT molecular complexity index is 1840. The first-order valence-corrected chi connectivity index (χ1v) is 16.1. The number of esters is 2. The Hall–Kier alpha value is -4.33. The largest absolute Gasteiger partial charge is 1.00 e. The van der Waals surface area contributed by atoms with Crippen LogP contribution < -0.4 is 40.0 Å². The summed E-state index contributed by atoms with van der Waals surface area (Å²) in [5.41, 5.74) is 4.01. The van der Waals surface area contributed by atoms with E-state index in [9.17, 15) is 38.9 Å². The molecule has 11 nitrogen and oxygen atoms in total. The van der Waals surface area contributed by atoms with Gasteiger partial charge in [0.25, 0.3) is 5.91 Å². The summed E-state index contributed by atoms with van der Waals surface area (Å²) in [6, 6.07) is 19.3. The molecule has 0 bridgehead atoms. The molecule has 0 fully saturated rings. The fraction of sp³-hybridized carbons (Fsp3) is 0.316. The normalized spacial score (nSPS) is 12.1. The zero-order valence-corrected chi connectivity index (χ0v) is 31.3. The molecule has 1 heterocycles. The monoisotopic (exact) mass is 710 g/mol. The molecule has 1 aromatic heterocycles. The number of methoxy groups -OCH3 is 2. The van der Waals surface area contributed by atoms with Gasteiger partial charge in [-0.1, -0.05) is 48.5 Å². The van der Waals surface area contributed by atoms with E-state index in [2.05, 4.69) is 5.32 Å². The first-order chi connectivity index (χ1) is 23.9. The van der Waals surface area contributed by atoms with Crippen LogP contribution in [0.1, 0.15) is 81.6 Å². The van der Waals surface area contributed by atoms with Crippen LogP contribution in [-0.2, 0) is 27.2 Å². The average molecular weight is 711 g/mol. The first kappa shape index (κ1) is 41.1. The zero-order valence-electron chi connectivity index (χ0n) is 29.3. The van der Waals surface area contributed by atoms with Gasteiger partial charge < -0.3 is 39.5 Å². The molecule has 2 atom stereocenters. The SMILES string of the molecule is COC(=O)c1ccc(CNC(=O)c2c(-c3ccccc3)c(-c3ccc(F)cc3)c(CC[C@@H](O)C[C@@H](O)CC(=O)[O-])n2C(C)C)cc1C(=O)OC.[Na+]. The van der Waals surface area contributed by atoms with Crippen LogP contribution in [0.3, 0.4) is 0 Å². The molecule has 0 radical (unpaired) electrons. The number of carboxylic acid groups (broad SMARTS) is 1. The van der Waals surface area contributed by atoms with Crippen molar-refractivity contribution in [3.8, 4) is 22.3 Å². The number of halogens is 1. The van der Waals surface area contributed by atoms with Crippen molar-refractivity contribution in [3.63, 3.8) is 0 Å². The molecule has 13 heteroatoms. The minimum absolute atomic E-state index is 0. The average Bonchev–Trinajstić information content (AvgIpc) is 3.44. The second-order valence-corrected chi connectivity index (χ2v) is 12.1. The second kappa shape index (κ2) is 18.8. The predicted octanol–water partition coefficient (Wildman–Crippen LogP) is 1.23. The number of ether oxygens (including phenoxy) is 2. The first-order valence-electron chi connectivity index (χ1n) is 16.1. The number of aliphatic hydroxyl groups excluding tert-OH is 2. The quantitative estimate of drug-likeness (QED) is 0.122. The predicted molar refractivity (Wildman–Crippen MR) is 181 cm³/mol. The van der Waals surface area contributed by atoms with Gasteiger partial charge in [0.15, 0.2) is 0 Å². The van der Waals surface area contributed by atoms with E-state index in [0.717, 1.165) is 0 Å². The number of carbonyl (C=O) groups excluding carboxylic acids is 4. The van der Waals surface area contributed by atoms with Crippen LogP contribution in [0.25, 0.3) is 22.3 Å². The van der Waals surface area contributed by atoms with Gasteiger partial charge in [0.05, 0.1) is 37.6 Å². The molecule has 4 aromatic rings. The molecular formula is C38H40FN2NaO9. The van der Waals surface area contributed by atoms with Crippen molar-refractivity contribution >= 4 is 23.8 Å². The standard InChI is InChI=1S/C38H41FN2O9.Na/c1-22(2)41-31(17-15-27(42)19-28(43)20-32(44)45)33(25-11-13-26(39)14-12-25)34(24-8-6-5-7-9-24)35(41)36(46)40-21-23-10-16-29(37(47)49-3)30(18-23)38(48)50-4;/h5-14,16,18,22,27-28,42-43H,15,17,19-21H2,1-4H3,(H,40,46)(H,44,45);/q;+1/p-1/t27-,28-;/m1./s1. The second-order valence-electron chi connectivity index (χ2n) is 12.1. The Balaban J connectivity index is 0.00000702. The van der Waals surface area contributed by atoms with E-state index in [0.29, 0.717) is 39.2 Å². The molecule has 4 rings (SSSR count). The number of nitrogens with one attached hydrogen (secondary N) is 1. The molecule has 0 unspecified atom stereocenters. The van der Waals surface area contributed by atoms with Crippen molar-refractivity contribution in [2.45, 2.75) is 64.3 Å². The minimum atomic E-state index is -1.43. The van der Waals surface area contributed by atoms with Crippen LogP contribution in [0.4, 0.5) is 4.39 Å². The molecular weight excluding hydrogens is 670 g/mol. The van der Waals surface area contributed by atoms with Crippen molar-refractivity contribution in [2.75, 3.05) is 14.2 Å². The maximum Gasteiger partial charge on any atom is 1.00 e. The molecule has 51 heavy (non-hydrogen) atoms. The Kier molecular flexibility index (Phi) is 15.1. The fourth-order valence-corrected chi connectivity index (χ4v) is 6.04. The fourth-order valence-electron chi connectivity index (χ4n) is 6.04. The molecule has 1 amide bonds. The van der Waals surface area contributed by atoms with Gasteiger partial charge in [-0.3, -0.25) is 4.79 Å². The third kappa shape index (κ3) is 10.1. The van der Waals surface area contributed by atoms with Crippen molar-refractivity contribution in [3.05, 3.63) is 107 Å². The van der Waals surface area contributed by atoms with Gasteiger partial charge >= 0.3 is 41.5 Å². The van der Waals surface area contributed by atoms with E-state index >= 15 is 0 Å². The van der Waals surface area contributed by atoms with Gasteiger partial charge in [0.2, 0.25) is 0 Å². The Morgan fingerprint density at radius 3 is 2.04 bits per heavy atom. The van der Waals surface area contributed by atoms with Crippen LogP contribution >= 0.6 is 0 Å². The summed E-state index contributed by atoms with van der Waals surface area (Å²) < 4.78 is 25.7. The van der Waals surface area contributed by atoms with E-state index < -0.39 is 48.3 Å². The summed E-state index contributed by atoms with van der Waals surface area (Å²) in [7, 11) is 2.38. The van der Waals surface area contributed by atoms with Crippen LogP contribution in [0.15, 0.2) is 72.8 Å². The van der Waals surface area contributed by atoms with Gasteiger partial charge in [-0.2, -0.15) is 0 Å². The van der Waals surface area contributed by atoms with Crippen LogP contribution in [0.5, 0.6) is 0 Å². The minimum Gasteiger partial charge on any atom is -0.550 e. The third-order valence-corrected chi connectivity index (χ3v) is 8.24. The number of hydrogen-bond acceptors (Lipinski definition) is 9. The molecule has 0 aliphatic carbocycles. The van der Waals surface area contributed by atoms with E-state index in [-0.39, 0.29) is 72.5 Å². The molecule has 0 saturated carbocycles. The maximum atomic E-state index is 14.4. The number of benzene rings is 3. The molecule has 3 aromatic carbocycles. The van der Waals surface area contributed by atoms with Crippen molar-refractivity contribution in [1.29, 1.82) is 0 Å². The number of aliphatic hydroxyl groups is 2. The van der Waals surface area contributed by atoms with E-state index in [1.165, 1.54) is 38.5 Å². The van der Waals surface area contributed by atoms with Crippen molar-refractivity contribution < 1.29 is 77.9 Å². The summed E-state index contributed by atoms with van der Waals surface area (Å²) in [6.07, 6.45) is -2.85. The molecule has 0 aliphatic rings. The Labute approximate surface area is 317 Å². The van der Waals surface area contributed by atoms with E-state index in [4.69, 9.17) is 9.47 Å². The number of hydrogen-bond donors (Lipinski definition) is 3. The molecule has 0 aliphatic heterocycles. The number of aromatic nitrogens is 1. The third-order valence-electron chi connectivity index (χ3n) is 8.24. The summed E-state index contributed by atoms with van der Waals surface area (Å²) in [6.45, 7) is 3.77. The number of carbonyl (C=O) groups is 4. The number of rotatable bonds is 15. The van der Waals surface area contributed by atoms with Crippen molar-refractivity contribution in [2.24, 2.45) is 0 Å². The van der Waals surface area contributed by atoms with Crippen molar-refractivity contribution in [1.82, 2.24) is 9.88 Å². The van der Waals surface area contributed by atoms with E-state index in [1.54, 1.807) is 18.2 Å². The topological polar surface area (TPSA) is 167 Å². The molecule has 3 N–H and O–H groups in total. The number of aliphatic carboxylic acids is 1. The smallest absolute Gasteiger partial charge is 0.550 e. The van der Waals surface area contributed by atoms with Gasteiger partial charge in [-0.05, 0) is 74.1 Å². The summed E-state index contributed by atoms with van der Waals surface area (Å²) in [4.78, 5) is 50.1. The van der Waals surface area contributed by atoms with Gasteiger partial charge in [0, 0.05) is 41.8 Å². The molecule has 0 spiro atoms. The Morgan fingerprint density at radius 2 is 1.45 bits per heavy atom. The van der Waals surface area contributed by atoms with Gasteiger partial charge in [-0.25, -0.2) is 14.0 Å². The van der Waals surface area contributed by atoms with E-state index in [1.807, 2.05) is 48.7 Å².